The molecule has 15 heavy (non-hydrogen) atoms. The second kappa shape index (κ2) is 4.21. The highest BCUT2D eigenvalue weighted by Crippen LogP contribution is 2.31. The van der Waals surface area contributed by atoms with E-state index >= 15 is 0 Å². The van der Waals surface area contributed by atoms with Crippen molar-refractivity contribution in [1.29, 1.82) is 0 Å². The molecule has 0 aliphatic carbocycles. The van der Waals surface area contributed by atoms with Crippen LogP contribution in [0.1, 0.15) is 34.8 Å². The van der Waals surface area contributed by atoms with Gasteiger partial charge in [0.15, 0.2) is 0 Å². The zero-order chi connectivity index (χ0) is 10.8. The lowest BCUT2D eigenvalue weighted by atomic mass is 10.1. The summed E-state index contributed by atoms with van der Waals surface area (Å²) in [5, 5.41) is 12.2. The van der Waals surface area contributed by atoms with Crippen molar-refractivity contribution < 1.29 is 9.52 Å². The van der Waals surface area contributed by atoms with Crippen LogP contribution < -0.4 is 0 Å². The molecular weight excluding hydrogens is 208 g/mol. The number of aliphatic hydroxyl groups is 1. The summed E-state index contributed by atoms with van der Waals surface area (Å²) >= 11 is 1.58. The zero-order valence-corrected chi connectivity index (χ0v) is 9.67. The summed E-state index contributed by atoms with van der Waals surface area (Å²) in [5.41, 5.74) is 2.03. The lowest BCUT2D eigenvalue weighted by Crippen LogP contribution is -2.00. The van der Waals surface area contributed by atoms with E-state index in [0.717, 1.165) is 28.2 Å². The van der Waals surface area contributed by atoms with Gasteiger partial charge in [-0.3, -0.25) is 0 Å². The highest BCUT2D eigenvalue weighted by Gasteiger charge is 2.18. The van der Waals surface area contributed by atoms with E-state index in [1.165, 1.54) is 0 Å². The molecule has 2 heterocycles. The van der Waals surface area contributed by atoms with Crippen molar-refractivity contribution >= 4 is 11.3 Å². The van der Waals surface area contributed by atoms with E-state index in [2.05, 4.69) is 0 Å². The molecule has 1 unspecified atom stereocenters. The second-order valence-corrected chi connectivity index (χ2v) is 4.47. The van der Waals surface area contributed by atoms with Crippen LogP contribution in [0.5, 0.6) is 0 Å². The molecule has 3 heteroatoms. The van der Waals surface area contributed by atoms with E-state index < -0.39 is 6.10 Å². The summed E-state index contributed by atoms with van der Waals surface area (Å²) in [6.45, 7) is 4.04. The third kappa shape index (κ3) is 1.85. The topological polar surface area (TPSA) is 33.4 Å². The van der Waals surface area contributed by atoms with Gasteiger partial charge in [0.05, 0.1) is 6.26 Å². The molecule has 2 aromatic rings. The van der Waals surface area contributed by atoms with Gasteiger partial charge in [-0.25, -0.2) is 0 Å². The monoisotopic (exact) mass is 222 g/mol. The molecule has 0 saturated carbocycles. The maximum atomic E-state index is 10.2. The van der Waals surface area contributed by atoms with Gasteiger partial charge in [-0.15, -0.1) is 11.3 Å². The first-order valence-corrected chi connectivity index (χ1v) is 5.90. The molecule has 0 amide bonds. The Balaban J connectivity index is 2.36. The predicted octanol–water partition coefficient (Wildman–Crippen LogP) is 3.29. The zero-order valence-electron chi connectivity index (χ0n) is 8.86. The van der Waals surface area contributed by atoms with E-state index in [0.29, 0.717) is 0 Å². The van der Waals surface area contributed by atoms with Crippen LogP contribution in [-0.2, 0) is 6.42 Å². The van der Waals surface area contributed by atoms with E-state index in [1.807, 2.05) is 31.4 Å². The van der Waals surface area contributed by atoms with Crippen LogP contribution in [0.15, 0.2) is 28.2 Å². The summed E-state index contributed by atoms with van der Waals surface area (Å²) < 4.78 is 5.32. The normalized spacial score (nSPS) is 13.0. The Bertz CT molecular complexity index is 442. The van der Waals surface area contributed by atoms with E-state index in [4.69, 9.17) is 4.42 Å². The number of thiophene rings is 1. The van der Waals surface area contributed by atoms with Gasteiger partial charge in [-0.1, -0.05) is 6.92 Å². The fourth-order valence-corrected chi connectivity index (χ4v) is 2.62. The first-order chi connectivity index (χ1) is 7.24. The van der Waals surface area contributed by atoms with Gasteiger partial charge in [-0.2, -0.15) is 0 Å². The van der Waals surface area contributed by atoms with Gasteiger partial charge >= 0.3 is 0 Å². The van der Waals surface area contributed by atoms with Crippen LogP contribution >= 0.6 is 11.3 Å². The fraction of sp³-hybridized carbons (Fsp3) is 0.333. The molecular formula is C12H14O2S. The summed E-state index contributed by atoms with van der Waals surface area (Å²) in [6.07, 6.45) is 1.91. The van der Waals surface area contributed by atoms with Crippen LogP contribution in [0.4, 0.5) is 0 Å². The smallest absolute Gasteiger partial charge is 0.117 e. The van der Waals surface area contributed by atoms with Gasteiger partial charge < -0.3 is 9.52 Å². The summed E-state index contributed by atoms with van der Waals surface area (Å²) in [6, 6.07) is 3.87. The molecule has 0 spiro atoms. The highest BCUT2D eigenvalue weighted by molar-refractivity contribution is 7.10. The van der Waals surface area contributed by atoms with E-state index in [-0.39, 0.29) is 0 Å². The number of aliphatic hydroxyl groups excluding tert-OH is 1. The van der Waals surface area contributed by atoms with Crippen LogP contribution in [0.3, 0.4) is 0 Å². The molecule has 0 aliphatic heterocycles. The van der Waals surface area contributed by atoms with Crippen molar-refractivity contribution in [1.82, 2.24) is 0 Å². The molecule has 0 saturated heterocycles. The van der Waals surface area contributed by atoms with Crippen molar-refractivity contribution in [2.24, 2.45) is 0 Å². The molecule has 0 fully saturated rings. The van der Waals surface area contributed by atoms with Gasteiger partial charge in [0.25, 0.3) is 0 Å². The van der Waals surface area contributed by atoms with Crippen LogP contribution in [-0.4, -0.2) is 5.11 Å². The summed E-state index contributed by atoms with van der Waals surface area (Å²) in [5.74, 6) is 0.871. The van der Waals surface area contributed by atoms with Gasteiger partial charge in [0.1, 0.15) is 11.9 Å². The minimum Gasteiger partial charge on any atom is -0.469 e. The third-order valence-corrected chi connectivity index (χ3v) is 3.62. The lowest BCUT2D eigenvalue weighted by molar-refractivity contribution is 0.220. The molecule has 1 N–H and O–H groups in total. The first kappa shape index (κ1) is 10.5. The third-order valence-electron chi connectivity index (χ3n) is 2.55. The lowest BCUT2D eigenvalue weighted by Gasteiger charge is -2.09. The Hall–Kier alpha value is -1.06. The molecule has 1 atom stereocenters. The average molecular weight is 222 g/mol. The van der Waals surface area contributed by atoms with Gasteiger partial charge in [0.2, 0.25) is 0 Å². The van der Waals surface area contributed by atoms with Crippen LogP contribution in [0.2, 0.25) is 0 Å². The Kier molecular flexibility index (Phi) is 2.93. The average Bonchev–Trinajstić information content (AvgIpc) is 2.84. The molecule has 2 aromatic heterocycles. The number of furan rings is 1. The van der Waals surface area contributed by atoms with Crippen LogP contribution in [0.25, 0.3) is 0 Å². The first-order valence-electron chi connectivity index (χ1n) is 5.02. The summed E-state index contributed by atoms with van der Waals surface area (Å²) in [7, 11) is 0. The van der Waals surface area contributed by atoms with Gasteiger partial charge in [0, 0.05) is 16.9 Å². The Labute approximate surface area is 93.2 Å². The maximum Gasteiger partial charge on any atom is 0.117 e. The molecule has 2 rings (SSSR count). The van der Waals surface area contributed by atoms with Crippen molar-refractivity contribution in [3.05, 3.63) is 45.5 Å². The maximum absolute atomic E-state index is 10.2. The van der Waals surface area contributed by atoms with Crippen molar-refractivity contribution in [3.8, 4) is 0 Å². The number of rotatable bonds is 3. The van der Waals surface area contributed by atoms with Gasteiger partial charge in [-0.05, 0) is 30.0 Å². The largest absolute Gasteiger partial charge is 0.469 e. The quantitative estimate of drug-likeness (QED) is 0.864. The number of hydrogen-bond acceptors (Lipinski definition) is 3. The molecule has 2 nitrogen and oxygen atoms in total. The van der Waals surface area contributed by atoms with Crippen molar-refractivity contribution in [2.75, 3.05) is 0 Å². The Morgan fingerprint density at radius 1 is 1.47 bits per heavy atom. The molecule has 80 valence electrons. The Morgan fingerprint density at radius 2 is 2.27 bits per heavy atom. The van der Waals surface area contributed by atoms with E-state index in [1.54, 1.807) is 17.6 Å². The second-order valence-electron chi connectivity index (χ2n) is 3.52. The number of aryl methyl sites for hydroxylation is 2. The minimum atomic E-state index is -0.543. The fourth-order valence-electron chi connectivity index (χ4n) is 1.69. The summed E-state index contributed by atoms with van der Waals surface area (Å²) in [4.78, 5) is 1.01. The molecule has 0 radical (unpaired) electrons. The molecule has 0 aliphatic rings. The van der Waals surface area contributed by atoms with Crippen molar-refractivity contribution in [2.45, 2.75) is 26.4 Å². The predicted molar refractivity (Wildman–Crippen MR) is 61.2 cm³/mol. The SMILES string of the molecule is CCc1occc1C(O)c1sccc1C. The number of hydrogen-bond donors (Lipinski definition) is 1. The minimum absolute atomic E-state index is 0.543. The highest BCUT2D eigenvalue weighted by atomic mass is 32.1. The Morgan fingerprint density at radius 3 is 2.87 bits per heavy atom. The standard InChI is InChI=1S/C12H14O2S/c1-3-10-9(4-6-14-10)11(13)12-8(2)5-7-15-12/h4-7,11,13H,3H2,1-2H3. The van der Waals surface area contributed by atoms with E-state index in [9.17, 15) is 5.11 Å². The van der Waals surface area contributed by atoms with Crippen LogP contribution in [0, 0.1) is 6.92 Å². The van der Waals surface area contributed by atoms with Crippen molar-refractivity contribution in [3.63, 3.8) is 0 Å². The molecule has 0 aromatic carbocycles. The molecule has 0 bridgehead atoms.